The second kappa shape index (κ2) is 4.88. The van der Waals surface area contributed by atoms with Crippen LogP contribution in [0.3, 0.4) is 0 Å². The Morgan fingerprint density at radius 1 is 1.39 bits per heavy atom. The molecule has 4 nitrogen and oxygen atoms in total. The third-order valence-electron chi connectivity index (χ3n) is 4.11. The number of benzene rings is 1. The van der Waals surface area contributed by atoms with Gasteiger partial charge in [0.25, 0.3) is 0 Å². The fraction of sp³-hybridized carbons (Fsp3) is 0.500. The van der Waals surface area contributed by atoms with E-state index in [2.05, 4.69) is 19.2 Å². The van der Waals surface area contributed by atoms with Crippen molar-refractivity contribution in [2.45, 2.75) is 32.7 Å². The van der Waals surface area contributed by atoms with Gasteiger partial charge in [-0.2, -0.15) is 0 Å². The van der Waals surface area contributed by atoms with Gasteiger partial charge in [-0.3, -0.25) is 0 Å². The molecule has 3 atom stereocenters. The molecule has 1 aromatic rings. The minimum Gasteiger partial charge on any atom is -0.478 e. The van der Waals surface area contributed by atoms with E-state index in [1.165, 1.54) is 12.5 Å². The average molecular weight is 248 g/mol. The minimum atomic E-state index is -0.925. The largest absolute Gasteiger partial charge is 0.478 e. The number of nitrogens with one attached hydrogen (secondary N) is 1. The van der Waals surface area contributed by atoms with Crippen LogP contribution in [0.5, 0.6) is 0 Å². The maximum Gasteiger partial charge on any atom is 0.335 e. The molecule has 18 heavy (non-hydrogen) atoms. The van der Waals surface area contributed by atoms with E-state index in [4.69, 9.17) is 10.8 Å². The predicted molar refractivity (Wildman–Crippen MR) is 72.8 cm³/mol. The maximum atomic E-state index is 10.9. The van der Waals surface area contributed by atoms with Gasteiger partial charge in [-0.25, -0.2) is 4.79 Å². The van der Waals surface area contributed by atoms with Gasteiger partial charge >= 0.3 is 5.97 Å². The van der Waals surface area contributed by atoms with Gasteiger partial charge in [0.2, 0.25) is 0 Å². The zero-order chi connectivity index (χ0) is 13.3. The number of hydrogen-bond donors (Lipinski definition) is 3. The highest BCUT2D eigenvalue weighted by molar-refractivity contribution is 5.90. The second-order valence-electron chi connectivity index (χ2n) is 5.27. The molecular weight excluding hydrogens is 228 g/mol. The van der Waals surface area contributed by atoms with Gasteiger partial charge in [-0.05, 0) is 42.9 Å². The summed E-state index contributed by atoms with van der Waals surface area (Å²) in [6.07, 6.45) is 2.32. The van der Waals surface area contributed by atoms with Crippen molar-refractivity contribution >= 4 is 17.3 Å². The second-order valence-corrected chi connectivity index (χ2v) is 5.27. The van der Waals surface area contributed by atoms with Gasteiger partial charge in [-0.15, -0.1) is 0 Å². The Labute approximate surface area is 107 Å². The predicted octanol–water partition coefficient (Wildman–Crippen LogP) is 2.81. The summed E-state index contributed by atoms with van der Waals surface area (Å²) in [5.41, 5.74) is 7.50. The quantitative estimate of drug-likeness (QED) is 0.719. The summed E-state index contributed by atoms with van der Waals surface area (Å²) in [5, 5.41) is 12.4. The Balaban J connectivity index is 2.18. The number of aromatic carboxylic acids is 1. The molecule has 1 saturated carbocycles. The summed E-state index contributed by atoms with van der Waals surface area (Å²) < 4.78 is 0. The SMILES string of the molecule is CC1CCC(Nc2cc(C(=O)O)ccc2N)C1C. The summed E-state index contributed by atoms with van der Waals surface area (Å²) in [6, 6.07) is 5.18. The van der Waals surface area contributed by atoms with Crippen LogP contribution in [0.2, 0.25) is 0 Å². The highest BCUT2D eigenvalue weighted by Gasteiger charge is 2.29. The van der Waals surface area contributed by atoms with Crippen molar-refractivity contribution in [3.05, 3.63) is 23.8 Å². The van der Waals surface area contributed by atoms with E-state index in [0.29, 0.717) is 23.6 Å². The summed E-state index contributed by atoms with van der Waals surface area (Å²) in [7, 11) is 0. The number of carboxylic acids is 1. The van der Waals surface area contributed by atoms with E-state index in [-0.39, 0.29) is 5.56 Å². The Hall–Kier alpha value is -1.71. The highest BCUT2D eigenvalue weighted by atomic mass is 16.4. The van der Waals surface area contributed by atoms with Crippen molar-refractivity contribution < 1.29 is 9.90 Å². The van der Waals surface area contributed by atoms with Crippen LogP contribution in [0, 0.1) is 11.8 Å². The van der Waals surface area contributed by atoms with Gasteiger partial charge in [0.1, 0.15) is 0 Å². The molecule has 1 fully saturated rings. The molecule has 98 valence electrons. The Kier molecular flexibility index (Phi) is 3.45. The summed E-state index contributed by atoms with van der Waals surface area (Å²) in [6.45, 7) is 4.48. The van der Waals surface area contributed by atoms with Gasteiger partial charge in [-0.1, -0.05) is 13.8 Å². The number of carboxylic acid groups (broad SMARTS) is 1. The van der Waals surface area contributed by atoms with Crippen LogP contribution in [0.25, 0.3) is 0 Å². The molecule has 1 aliphatic rings. The molecule has 0 saturated heterocycles. The molecule has 0 bridgehead atoms. The van der Waals surface area contributed by atoms with E-state index >= 15 is 0 Å². The van der Waals surface area contributed by atoms with Gasteiger partial charge in [0.15, 0.2) is 0 Å². The van der Waals surface area contributed by atoms with Crippen LogP contribution in [-0.4, -0.2) is 17.1 Å². The lowest BCUT2D eigenvalue weighted by Gasteiger charge is -2.22. The van der Waals surface area contributed by atoms with E-state index in [1.807, 2.05) is 0 Å². The molecule has 4 N–H and O–H groups in total. The fourth-order valence-corrected chi connectivity index (χ4v) is 2.58. The first-order chi connectivity index (χ1) is 8.49. The molecule has 0 amide bonds. The van der Waals surface area contributed by atoms with Crippen molar-refractivity contribution in [2.75, 3.05) is 11.1 Å². The summed E-state index contributed by atoms with van der Waals surface area (Å²) in [5.74, 6) is 0.357. The van der Waals surface area contributed by atoms with Crippen molar-refractivity contribution in [3.63, 3.8) is 0 Å². The average Bonchev–Trinajstić information content (AvgIpc) is 2.63. The summed E-state index contributed by atoms with van der Waals surface area (Å²) >= 11 is 0. The zero-order valence-corrected chi connectivity index (χ0v) is 10.8. The topological polar surface area (TPSA) is 75.3 Å². The number of carbonyl (C=O) groups is 1. The molecule has 1 aromatic carbocycles. The lowest BCUT2D eigenvalue weighted by atomic mass is 9.97. The normalized spacial score (nSPS) is 27.1. The monoisotopic (exact) mass is 248 g/mol. The summed E-state index contributed by atoms with van der Waals surface area (Å²) in [4.78, 5) is 10.9. The first kappa shape index (κ1) is 12.7. The van der Waals surface area contributed by atoms with E-state index in [9.17, 15) is 4.79 Å². The molecule has 0 heterocycles. The number of hydrogen-bond acceptors (Lipinski definition) is 3. The van der Waals surface area contributed by atoms with Gasteiger partial charge in [0, 0.05) is 6.04 Å². The van der Waals surface area contributed by atoms with Crippen LogP contribution < -0.4 is 11.1 Å². The number of nitrogens with two attached hydrogens (primary N) is 1. The lowest BCUT2D eigenvalue weighted by Crippen LogP contribution is -2.24. The molecule has 4 heteroatoms. The number of anilines is 2. The van der Waals surface area contributed by atoms with Gasteiger partial charge < -0.3 is 16.2 Å². The third kappa shape index (κ3) is 2.42. The number of rotatable bonds is 3. The Morgan fingerprint density at radius 3 is 2.67 bits per heavy atom. The van der Waals surface area contributed by atoms with Gasteiger partial charge in [0.05, 0.1) is 16.9 Å². The first-order valence-corrected chi connectivity index (χ1v) is 6.38. The molecule has 0 aromatic heterocycles. The Morgan fingerprint density at radius 2 is 2.11 bits per heavy atom. The molecule has 0 radical (unpaired) electrons. The van der Waals surface area contributed by atoms with Crippen LogP contribution in [0.4, 0.5) is 11.4 Å². The molecule has 2 rings (SSSR count). The smallest absolute Gasteiger partial charge is 0.335 e. The van der Waals surface area contributed by atoms with Crippen LogP contribution in [0.1, 0.15) is 37.0 Å². The maximum absolute atomic E-state index is 10.9. The van der Waals surface area contributed by atoms with E-state index in [0.717, 1.165) is 12.1 Å². The van der Waals surface area contributed by atoms with Crippen molar-refractivity contribution in [1.29, 1.82) is 0 Å². The molecule has 3 unspecified atom stereocenters. The number of nitrogen functional groups attached to an aromatic ring is 1. The zero-order valence-electron chi connectivity index (χ0n) is 10.8. The van der Waals surface area contributed by atoms with Crippen LogP contribution in [0.15, 0.2) is 18.2 Å². The van der Waals surface area contributed by atoms with Crippen LogP contribution >= 0.6 is 0 Å². The minimum absolute atomic E-state index is 0.269. The van der Waals surface area contributed by atoms with Crippen molar-refractivity contribution in [1.82, 2.24) is 0 Å². The van der Waals surface area contributed by atoms with E-state index < -0.39 is 5.97 Å². The molecule has 1 aliphatic carbocycles. The lowest BCUT2D eigenvalue weighted by molar-refractivity contribution is 0.0697. The van der Waals surface area contributed by atoms with Crippen molar-refractivity contribution in [2.24, 2.45) is 11.8 Å². The first-order valence-electron chi connectivity index (χ1n) is 6.38. The molecule has 0 spiro atoms. The van der Waals surface area contributed by atoms with Crippen molar-refractivity contribution in [3.8, 4) is 0 Å². The molecule has 0 aliphatic heterocycles. The van der Waals surface area contributed by atoms with E-state index in [1.54, 1.807) is 12.1 Å². The third-order valence-corrected chi connectivity index (χ3v) is 4.11. The fourth-order valence-electron chi connectivity index (χ4n) is 2.58. The van der Waals surface area contributed by atoms with Crippen LogP contribution in [-0.2, 0) is 0 Å². The molecular formula is C14H20N2O2. The Bertz CT molecular complexity index is 459. The highest BCUT2D eigenvalue weighted by Crippen LogP contribution is 2.34. The standard InChI is InChI=1S/C14H20N2O2/c1-8-3-6-12(9(8)2)16-13-7-10(14(17)18)4-5-11(13)15/h4-5,7-9,12,16H,3,6,15H2,1-2H3,(H,17,18).